The number of hydrogen-bond acceptors (Lipinski definition) is 4. The van der Waals surface area contributed by atoms with Crippen molar-refractivity contribution in [3.63, 3.8) is 0 Å². The van der Waals surface area contributed by atoms with Gasteiger partial charge in [0.1, 0.15) is 17.7 Å². The van der Waals surface area contributed by atoms with Gasteiger partial charge in [-0.2, -0.15) is 5.26 Å². The van der Waals surface area contributed by atoms with E-state index in [-0.39, 0.29) is 30.4 Å². The first-order valence-corrected chi connectivity index (χ1v) is 10.3. The molecule has 2 heterocycles. The van der Waals surface area contributed by atoms with Crippen LogP contribution in [-0.2, 0) is 16.1 Å². The first-order valence-electron chi connectivity index (χ1n) is 10.3. The Balaban J connectivity index is 1.74. The summed E-state index contributed by atoms with van der Waals surface area (Å²) >= 11 is 0. The van der Waals surface area contributed by atoms with E-state index in [1.54, 1.807) is 12.1 Å². The quantitative estimate of drug-likeness (QED) is 0.748. The molecule has 1 aromatic carbocycles. The summed E-state index contributed by atoms with van der Waals surface area (Å²) in [4.78, 5) is 14.7. The number of aromatic nitrogens is 1. The van der Waals surface area contributed by atoms with Gasteiger partial charge < -0.3 is 14.6 Å². The number of halogens is 1. The van der Waals surface area contributed by atoms with E-state index >= 15 is 0 Å². The lowest BCUT2D eigenvalue weighted by Gasteiger charge is -2.25. The van der Waals surface area contributed by atoms with E-state index in [1.807, 2.05) is 37.3 Å². The molecule has 6 nitrogen and oxygen atoms in total. The van der Waals surface area contributed by atoms with Gasteiger partial charge in [-0.3, -0.25) is 9.69 Å². The molecule has 1 amide bonds. The van der Waals surface area contributed by atoms with E-state index in [1.165, 1.54) is 12.1 Å². The molecular formula is C23H29FN4O2. The van der Waals surface area contributed by atoms with Crippen molar-refractivity contribution in [2.75, 3.05) is 25.5 Å². The lowest BCUT2D eigenvalue weighted by Crippen LogP contribution is -2.33. The maximum Gasteiger partial charge on any atom is 0.239 e. The van der Waals surface area contributed by atoms with Crippen LogP contribution < -0.4 is 5.32 Å². The summed E-state index contributed by atoms with van der Waals surface area (Å²) < 4.78 is 20.9. The van der Waals surface area contributed by atoms with Gasteiger partial charge in [-0.05, 0) is 63.9 Å². The van der Waals surface area contributed by atoms with Crippen LogP contribution in [0.25, 0.3) is 0 Å². The number of anilines is 1. The fourth-order valence-electron chi connectivity index (χ4n) is 3.88. The number of amides is 1. The zero-order valence-corrected chi connectivity index (χ0v) is 18.0. The van der Waals surface area contributed by atoms with E-state index in [4.69, 9.17) is 4.74 Å². The first kappa shape index (κ1) is 22.0. The lowest BCUT2D eigenvalue weighted by molar-refractivity contribution is -0.117. The summed E-state index contributed by atoms with van der Waals surface area (Å²) in [5.41, 5.74) is 3.26. The van der Waals surface area contributed by atoms with Gasteiger partial charge in [0.05, 0.1) is 24.8 Å². The largest absolute Gasteiger partial charge is 0.376 e. The van der Waals surface area contributed by atoms with Crippen molar-refractivity contribution in [1.29, 1.82) is 5.26 Å². The topological polar surface area (TPSA) is 70.3 Å². The number of benzene rings is 1. The third kappa shape index (κ3) is 4.72. The number of likely N-dealkylation sites (N-methyl/N-ethyl adjacent to an activating group) is 1. The molecule has 1 N–H and O–H groups in total. The number of hydrogen-bond donors (Lipinski definition) is 1. The number of nitriles is 1. The fourth-order valence-corrected chi connectivity index (χ4v) is 3.88. The molecule has 1 saturated heterocycles. The maximum atomic E-state index is 13.2. The van der Waals surface area contributed by atoms with Crippen LogP contribution in [-0.4, -0.2) is 41.7 Å². The minimum absolute atomic E-state index is 0.0612. The van der Waals surface area contributed by atoms with Crippen molar-refractivity contribution in [3.8, 4) is 6.07 Å². The Kier molecular flexibility index (Phi) is 6.91. The Morgan fingerprint density at radius 1 is 1.40 bits per heavy atom. The van der Waals surface area contributed by atoms with Crippen LogP contribution in [0.2, 0.25) is 0 Å². The van der Waals surface area contributed by atoms with Gasteiger partial charge in [0.15, 0.2) is 0 Å². The number of nitrogens with zero attached hydrogens (tertiary/aromatic N) is 3. The summed E-state index contributed by atoms with van der Waals surface area (Å²) in [6.45, 7) is 7.35. The number of ether oxygens (including phenoxy) is 1. The fraction of sp³-hybridized carbons (Fsp3) is 0.478. The van der Waals surface area contributed by atoms with Gasteiger partial charge in [-0.15, -0.1) is 0 Å². The van der Waals surface area contributed by atoms with Crippen molar-refractivity contribution >= 4 is 11.7 Å². The average Bonchev–Trinajstić information content (AvgIpc) is 3.31. The molecule has 2 aromatic rings. The van der Waals surface area contributed by atoms with Crippen LogP contribution in [0.5, 0.6) is 0 Å². The van der Waals surface area contributed by atoms with Crippen LogP contribution in [0.1, 0.15) is 48.2 Å². The Morgan fingerprint density at radius 2 is 2.10 bits per heavy atom. The van der Waals surface area contributed by atoms with Crippen molar-refractivity contribution in [2.24, 2.45) is 0 Å². The molecule has 0 bridgehead atoms. The molecule has 2 atom stereocenters. The molecule has 1 fully saturated rings. The first-order chi connectivity index (χ1) is 14.3. The van der Waals surface area contributed by atoms with Crippen molar-refractivity contribution in [2.45, 2.75) is 52.3 Å². The summed E-state index contributed by atoms with van der Waals surface area (Å²) in [7, 11) is 1.85. The minimum Gasteiger partial charge on any atom is -0.376 e. The normalized spacial score (nSPS) is 17.2. The molecule has 30 heavy (non-hydrogen) atoms. The summed E-state index contributed by atoms with van der Waals surface area (Å²) in [6.07, 6.45) is 2.10. The van der Waals surface area contributed by atoms with E-state index in [2.05, 4.69) is 11.4 Å². The molecule has 7 heteroatoms. The predicted molar refractivity (Wildman–Crippen MR) is 114 cm³/mol. The SMILES string of the molecule is Cc1c(C#N)c(NC(=O)CN(C)[C@H](C)c2ccc(F)cc2)n(C[C@H]2CCCO2)c1C. The van der Waals surface area contributed by atoms with Crippen molar-refractivity contribution < 1.29 is 13.9 Å². The Bertz CT molecular complexity index is 940. The van der Waals surface area contributed by atoms with Crippen LogP contribution in [0.4, 0.5) is 10.2 Å². The molecular weight excluding hydrogens is 383 g/mol. The van der Waals surface area contributed by atoms with Crippen molar-refractivity contribution in [3.05, 3.63) is 52.5 Å². The second kappa shape index (κ2) is 9.41. The Hall–Kier alpha value is -2.69. The average molecular weight is 413 g/mol. The Labute approximate surface area is 177 Å². The highest BCUT2D eigenvalue weighted by Gasteiger charge is 2.24. The highest BCUT2D eigenvalue weighted by molar-refractivity contribution is 5.93. The lowest BCUT2D eigenvalue weighted by atomic mass is 10.1. The van der Waals surface area contributed by atoms with Gasteiger partial charge in [0.2, 0.25) is 5.91 Å². The number of nitrogens with one attached hydrogen (secondary N) is 1. The maximum absolute atomic E-state index is 13.2. The molecule has 1 aliphatic rings. The molecule has 1 aromatic heterocycles. The van der Waals surface area contributed by atoms with Crippen LogP contribution >= 0.6 is 0 Å². The van der Waals surface area contributed by atoms with E-state index in [0.717, 1.165) is 36.3 Å². The molecule has 0 spiro atoms. The summed E-state index contributed by atoms with van der Waals surface area (Å²) in [5.74, 6) is 0.0537. The monoisotopic (exact) mass is 412 g/mol. The summed E-state index contributed by atoms with van der Waals surface area (Å²) in [6, 6.07) is 8.46. The molecule has 1 aliphatic heterocycles. The Morgan fingerprint density at radius 3 is 2.70 bits per heavy atom. The smallest absolute Gasteiger partial charge is 0.239 e. The predicted octanol–water partition coefficient (Wildman–Crippen LogP) is 3.93. The number of rotatable bonds is 7. The molecule has 0 aliphatic carbocycles. The van der Waals surface area contributed by atoms with Crippen molar-refractivity contribution in [1.82, 2.24) is 9.47 Å². The zero-order chi connectivity index (χ0) is 21.8. The zero-order valence-electron chi connectivity index (χ0n) is 18.0. The van der Waals surface area contributed by atoms with Gasteiger partial charge in [0, 0.05) is 18.3 Å². The second-order valence-electron chi connectivity index (χ2n) is 7.98. The van der Waals surface area contributed by atoms with Gasteiger partial charge >= 0.3 is 0 Å². The van der Waals surface area contributed by atoms with Crippen LogP contribution in [0, 0.1) is 31.0 Å². The molecule has 0 unspecified atom stereocenters. The third-order valence-electron chi connectivity index (χ3n) is 6.02. The van der Waals surface area contributed by atoms with Crippen LogP contribution in [0.3, 0.4) is 0 Å². The van der Waals surface area contributed by atoms with E-state index in [9.17, 15) is 14.4 Å². The third-order valence-corrected chi connectivity index (χ3v) is 6.02. The highest BCUT2D eigenvalue weighted by Crippen LogP contribution is 2.28. The second-order valence-corrected chi connectivity index (χ2v) is 7.98. The van der Waals surface area contributed by atoms with E-state index in [0.29, 0.717) is 17.9 Å². The van der Waals surface area contributed by atoms with Gasteiger partial charge in [-0.25, -0.2) is 4.39 Å². The van der Waals surface area contributed by atoms with Gasteiger partial charge in [-0.1, -0.05) is 12.1 Å². The summed E-state index contributed by atoms with van der Waals surface area (Å²) in [5, 5.41) is 12.6. The van der Waals surface area contributed by atoms with Gasteiger partial charge in [0.25, 0.3) is 0 Å². The molecule has 160 valence electrons. The number of carbonyl (C=O) groups is 1. The molecule has 0 radical (unpaired) electrons. The van der Waals surface area contributed by atoms with Crippen LogP contribution in [0.15, 0.2) is 24.3 Å². The number of carbonyl (C=O) groups excluding carboxylic acids is 1. The highest BCUT2D eigenvalue weighted by atomic mass is 19.1. The molecule has 0 saturated carbocycles. The minimum atomic E-state index is -0.284. The van der Waals surface area contributed by atoms with E-state index < -0.39 is 0 Å². The molecule has 3 rings (SSSR count). The standard InChI is InChI=1S/C23H29FN4O2/c1-15-16(2)28(13-20-6-5-11-30-20)23(21(15)12-25)26-22(29)14-27(4)17(3)18-7-9-19(24)10-8-18/h7-10,17,20H,5-6,11,13-14H2,1-4H3,(H,26,29)/t17-,20-/m1/s1.